The first-order valence-electron chi connectivity index (χ1n) is 9.51. The first-order valence-corrected chi connectivity index (χ1v) is 9.51. The van der Waals surface area contributed by atoms with Gasteiger partial charge < -0.3 is 10.6 Å². The number of H-pyrrole nitrogens is 1. The zero-order chi connectivity index (χ0) is 18.5. The molecule has 0 saturated heterocycles. The normalized spacial score (nSPS) is 19.4. The number of anilines is 1. The highest BCUT2D eigenvalue weighted by atomic mass is 16.2. The Kier molecular flexibility index (Phi) is 5.19. The third kappa shape index (κ3) is 4.37. The van der Waals surface area contributed by atoms with Gasteiger partial charge in [0.1, 0.15) is 0 Å². The standard InChI is InChI=1S/C22H24N4O/c27-22(23-18-9-5-2-6-10-18)24-19-13-11-17(12-14-19)21-15-20(25-26-21)16-7-3-1-4-8-16/h1-10,15,17,19H,11-14H2,(H,25,26)(H2,23,24,27). The van der Waals surface area contributed by atoms with Gasteiger partial charge in [-0.05, 0) is 43.9 Å². The number of benzene rings is 2. The van der Waals surface area contributed by atoms with Crippen LogP contribution in [-0.4, -0.2) is 22.3 Å². The molecule has 1 aliphatic rings. The third-order valence-corrected chi connectivity index (χ3v) is 5.20. The summed E-state index contributed by atoms with van der Waals surface area (Å²) in [4.78, 5) is 12.2. The molecule has 0 atom stereocenters. The molecule has 0 radical (unpaired) electrons. The molecule has 1 aliphatic carbocycles. The van der Waals surface area contributed by atoms with Gasteiger partial charge in [-0.25, -0.2) is 4.79 Å². The van der Waals surface area contributed by atoms with E-state index in [4.69, 9.17) is 0 Å². The van der Waals surface area contributed by atoms with Crippen molar-refractivity contribution in [2.45, 2.75) is 37.6 Å². The molecule has 2 amide bonds. The minimum absolute atomic E-state index is 0.127. The van der Waals surface area contributed by atoms with Crippen molar-refractivity contribution in [2.75, 3.05) is 5.32 Å². The number of amides is 2. The molecule has 5 heteroatoms. The number of rotatable bonds is 4. The monoisotopic (exact) mass is 360 g/mol. The van der Waals surface area contributed by atoms with Gasteiger partial charge in [0, 0.05) is 28.9 Å². The fourth-order valence-electron chi connectivity index (χ4n) is 3.73. The van der Waals surface area contributed by atoms with E-state index < -0.39 is 0 Å². The lowest BCUT2D eigenvalue weighted by Crippen LogP contribution is -2.39. The molecule has 27 heavy (non-hydrogen) atoms. The molecule has 2 aromatic carbocycles. The molecule has 3 aromatic rings. The number of nitrogens with zero attached hydrogens (tertiary/aromatic N) is 1. The van der Waals surface area contributed by atoms with Crippen LogP contribution in [0.1, 0.15) is 37.3 Å². The van der Waals surface area contributed by atoms with E-state index in [1.54, 1.807) is 0 Å². The predicted octanol–water partition coefficient (Wildman–Crippen LogP) is 4.92. The number of hydrogen-bond acceptors (Lipinski definition) is 2. The van der Waals surface area contributed by atoms with Crippen molar-refractivity contribution >= 4 is 11.7 Å². The molecule has 5 nitrogen and oxygen atoms in total. The first kappa shape index (κ1) is 17.3. The van der Waals surface area contributed by atoms with Crippen molar-refractivity contribution in [1.82, 2.24) is 15.5 Å². The summed E-state index contributed by atoms with van der Waals surface area (Å²) < 4.78 is 0. The Bertz CT molecular complexity index is 868. The number of carbonyl (C=O) groups is 1. The largest absolute Gasteiger partial charge is 0.335 e. The molecule has 0 unspecified atom stereocenters. The van der Waals surface area contributed by atoms with Crippen molar-refractivity contribution in [3.63, 3.8) is 0 Å². The van der Waals surface area contributed by atoms with Gasteiger partial charge >= 0.3 is 6.03 Å². The lowest BCUT2D eigenvalue weighted by molar-refractivity contribution is 0.242. The molecule has 3 N–H and O–H groups in total. The maximum Gasteiger partial charge on any atom is 0.319 e. The highest BCUT2D eigenvalue weighted by molar-refractivity contribution is 5.89. The highest BCUT2D eigenvalue weighted by Crippen LogP contribution is 2.33. The first-order chi connectivity index (χ1) is 13.3. The van der Waals surface area contributed by atoms with Crippen LogP contribution in [0.25, 0.3) is 11.3 Å². The second-order valence-electron chi connectivity index (χ2n) is 7.09. The quantitative estimate of drug-likeness (QED) is 0.618. The Morgan fingerprint density at radius 2 is 1.59 bits per heavy atom. The van der Waals surface area contributed by atoms with Crippen LogP contribution in [0.5, 0.6) is 0 Å². The van der Waals surface area contributed by atoms with E-state index in [1.807, 2.05) is 48.5 Å². The summed E-state index contributed by atoms with van der Waals surface area (Å²) in [5.41, 5.74) is 4.14. The van der Waals surface area contributed by atoms with Gasteiger partial charge in [-0.2, -0.15) is 5.10 Å². The second kappa shape index (κ2) is 8.08. The van der Waals surface area contributed by atoms with E-state index in [9.17, 15) is 4.79 Å². The molecule has 1 fully saturated rings. The van der Waals surface area contributed by atoms with Crippen LogP contribution < -0.4 is 10.6 Å². The lowest BCUT2D eigenvalue weighted by atomic mass is 9.84. The Morgan fingerprint density at radius 3 is 2.30 bits per heavy atom. The SMILES string of the molecule is O=C(Nc1ccccc1)NC1CCC(c2cc(-c3ccccc3)n[nH]2)CC1. The van der Waals surface area contributed by atoms with Crippen LogP contribution in [0.2, 0.25) is 0 Å². The summed E-state index contributed by atoms with van der Waals surface area (Å²) in [6, 6.07) is 22.0. The maximum absolute atomic E-state index is 12.2. The molecular weight excluding hydrogens is 336 g/mol. The maximum atomic E-state index is 12.2. The number of hydrogen-bond donors (Lipinski definition) is 3. The van der Waals surface area contributed by atoms with Gasteiger partial charge in [-0.15, -0.1) is 0 Å². The summed E-state index contributed by atoms with van der Waals surface area (Å²) in [7, 11) is 0. The van der Waals surface area contributed by atoms with E-state index in [0.29, 0.717) is 5.92 Å². The van der Waals surface area contributed by atoms with Crippen molar-refractivity contribution in [3.05, 3.63) is 72.4 Å². The third-order valence-electron chi connectivity index (χ3n) is 5.20. The second-order valence-corrected chi connectivity index (χ2v) is 7.09. The van der Waals surface area contributed by atoms with Crippen molar-refractivity contribution in [1.29, 1.82) is 0 Å². The summed E-state index contributed by atoms with van der Waals surface area (Å²) >= 11 is 0. The lowest BCUT2D eigenvalue weighted by Gasteiger charge is -2.28. The number of para-hydroxylation sites is 1. The van der Waals surface area contributed by atoms with Crippen LogP contribution in [0.3, 0.4) is 0 Å². The Balaban J connectivity index is 1.29. The van der Waals surface area contributed by atoms with Gasteiger partial charge in [0.25, 0.3) is 0 Å². The average Bonchev–Trinajstić information content (AvgIpc) is 3.20. The molecule has 1 heterocycles. The molecule has 1 saturated carbocycles. The summed E-state index contributed by atoms with van der Waals surface area (Å²) in [6.07, 6.45) is 4.05. The molecule has 0 bridgehead atoms. The summed E-state index contributed by atoms with van der Waals surface area (Å²) in [5, 5.41) is 13.7. The van der Waals surface area contributed by atoms with Crippen molar-refractivity contribution in [2.24, 2.45) is 0 Å². The van der Waals surface area contributed by atoms with Gasteiger partial charge in [-0.1, -0.05) is 48.5 Å². The average molecular weight is 360 g/mol. The van der Waals surface area contributed by atoms with E-state index in [-0.39, 0.29) is 12.1 Å². The van der Waals surface area contributed by atoms with Crippen molar-refractivity contribution < 1.29 is 4.79 Å². The van der Waals surface area contributed by atoms with E-state index in [0.717, 1.165) is 42.6 Å². The zero-order valence-corrected chi connectivity index (χ0v) is 15.2. The van der Waals surface area contributed by atoms with Gasteiger partial charge in [0.15, 0.2) is 0 Å². The Hall–Kier alpha value is -3.08. The number of aromatic nitrogens is 2. The van der Waals surface area contributed by atoms with Crippen molar-refractivity contribution in [3.8, 4) is 11.3 Å². The van der Waals surface area contributed by atoms with E-state index in [1.165, 1.54) is 5.69 Å². The number of urea groups is 1. The number of nitrogens with one attached hydrogen (secondary N) is 3. The molecule has 138 valence electrons. The molecule has 4 rings (SSSR count). The molecule has 0 aliphatic heterocycles. The summed E-state index contributed by atoms with van der Waals surface area (Å²) in [6.45, 7) is 0. The van der Waals surface area contributed by atoms with Crippen LogP contribution in [0.15, 0.2) is 66.7 Å². The van der Waals surface area contributed by atoms with Crippen LogP contribution in [0, 0.1) is 0 Å². The predicted molar refractivity (Wildman–Crippen MR) is 108 cm³/mol. The van der Waals surface area contributed by atoms with E-state index >= 15 is 0 Å². The number of carbonyl (C=O) groups excluding carboxylic acids is 1. The van der Waals surface area contributed by atoms with Gasteiger partial charge in [-0.3, -0.25) is 5.10 Å². The van der Waals surface area contributed by atoms with Gasteiger partial charge in [0.2, 0.25) is 0 Å². The summed E-state index contributed by atoms with van der Waals surface area (Å²) in [5.74, 6) is 0.477. The highest BCUT2D eigenvalue weighted by Gasteiger charge is 2.25. The Morgan fingerprint density at radius 1 is 0.926 bits per heavy atom. The Labute approximate surface area is 159 Å². The van der Waals surface area contributed by atoms with Crippen LogP contribution >= 0.6 is 0 Å². The minimum Gasteiger partial charge on any atom is -0.335 e. The number of aromatic amines is 1. The minimum atomic E-state index is -0.127. The molecule has 1 aromatic heterocycles. The zero-order valence-electron chi connectivity index (χ0n) is 15.2. The fraction of sp³-hybridized carbons (Fsp3) is 0.273. The van der Waals surface area contributed by atoms with E-state index in [2.05, 4.69) is 39.0 Å². The molecular formula is C22H24N4O. The van der Waals surface area contributed by atoms with Crippen LogP contribution in [0.4, 0.5) is 10.5 Å². The topological polar surface area (TPSA) is 69.8 Å². The van der Waals surface area contributed by atoms with Crippen LogP contribution in [-0.2, 0) is 0 Å². The smallest absolute Gasteiger partial charge is 0.319 e. The fourth-order valence-corrected chi connectivity index (χ4v) is 3.73. The van der Waals surface area contributed by atoms with Gasteiger partial charge in [0.05, 0.1) is 5.69 Å². The molecule has 0 spiro atoms.